The number of hydrogen-bond acceptors (Lipinski definition) is 4. The maximum atomic E-state index is 12.1. The van der Waals surface area contributed by atoms with E-state index in [1.165, 1.54) is 18.3 Å². The molecule has 1 heterocycles. The molecule has 0 saturated carbocycles. The monoisotopic (exact) mass is 284 g/mol. The molecule has 19 heavy (non-hydrogen) atoms. The summed E-state index contributed by atoms with van der Waals surface area (Å²) in [7, 11) is 0. The van der Waals surface area contributed by atoms with Gasteiger partial charge in [-0.05, 0) is 31.9 Å². The molecular formula is C13H20N2O3S. The van der Waals surface area contributed by atoms with Crippen molar-refractivity contribution in [1.29, 1.82) is 0 Å². The van der Waals surface area contributed by atoms with E-state index >= 15 is 0 Å². The highest BCUT2D eigenvalue weighted by Gasteiger charge is 2.24. The minimum Gasteiger partial charge on any atom is -0.396 e. The fourth-order valence-electron chi connectivity index (χ4n) is 1.61. The molecule has 106 valence electrons. The zero-order valence-corrected chi connectivity index (χ0v) is 12.3. The molecule has 0 bridgehead atoms. The van der Waals surface area contributed by atoms with E-state index in [4.69, 9.17) is 5.11 Å². The molecule has 1 aromatic heterocycles. The van der Waals surface area contributed by atoms with Crippen LogP contribution in [-0.4, -0.2) is 29.1 Å². The van der Waals surface area contributed by atoms with E-state index in [0.29, 0.717) is 16.3 Å². The molecule has 1 aromatic rings. The summed E-state index contributed by atoms with van der Waals surface area (Å²) in [4.78, 5) is 23.6. The quantitative estimate of drug-likeness (QED) is 0.747. The summed E-state index contributed by atoms with van der Waals surface area (Å²) in [5.74, 6) is -0.341. The molecule has 0 aliphatic carbocycles. The molecule has 0 fully saturated rings. The van der Waals surface area contributed by atoms with Gasteiger partial charge in [-0.25, -0.2) is 0 Å². The topological polar surface area (TPSA) is 78.4 Å². The largest absolute Gasteiger partial charge is 0.396 e. The second-order valence-electron chi connectivity index (χ2n) is 4.69. The van der Waals surface area contributed by atoms with Crippen LogP contribution in [0.1, 0.15) is 43.3 Å². The van der Waals surface area contributed by atoms with Crippen molar-refractivity contribution in [2.24, 2.45) is 0 Å². The summed E-state index contributed by atoms with van der Waals surface area (Å²) >= 11 is 1.23. The average Bonchev–Trinajstić information content (AvgIpc) is 2.77. The highest BCUT2D eigenvalue weighted by molar-refractivity contribution is 7.18. The van der Waals surface area contributed by atoms with Gasteiger partial charge >= 0.3 is 0 Å². The minimum atomic E-state index is -0.413. The zero-order valence-electron chi connectivity index (χ0n) is 11.4. The van der Waals surface area contributed by atoms with Crippen molar-refractivity contribution in [3.63, 3.8) is 0 Å². The van der Waals surface area contributed by atoms with Crippen LogP contribution in [0.4, 0.5) is 5.00 Å². The average molecular weight is 284 g/mol. The van der Waals surface area contributed by atoms with Gasteiger partial charge in [-0.15, -0.1) is 11.3 Å². The van der Waals surface area contributed by atoms with Gasteiger partial charge in [0.05, 0.1) is 9.88 Å². The lowest BCUT2D eigenvalue weighted by Gasteiger charge is -2.28. The maximum Gasteiger partial charge on any atom is 0.261 e. The van der Waals surface area contributed by atoms with E-state index in [-0.39, 0.29) is 18.4 Å². The summed E-state index contributed by atoms with van der Waals surface area (Å²) in [5, 5.41) is 15.2. The first-order valence-electron chi connectivity index (χ1n) is 6.21. The number of amides is 2. The van der Waals surface area contributed by atoms with E-state index in [9.17, 15) is 9.59 Å². The van der Waals surface area contributed by atoms with Gasteiger partial charge in [-0.2, -0.15) is 0 Å². The van der Waals surface area contributed by atoms with Gasteiger partial charge in [0.15, 0.2) is 0 Å². The molecule has 2 amide bonds. The molecule has 0 aliphatic rings. The van der Waals surface area contributed by atoms with Crippen molar-refractivity contribution < 1.29 is 14.7 Å². The molecule has 0 saturated heterocycles. The van der Waals surface area contributed by atoms with Crippen LogP contribution < -0.4 is 10.6 Å². The van der Waals surface area contributed by atoms with Crippen molar-refractivity contribution in [2.75, 3.05) is 11.9 Å². The van der Waals surface area contributed by atoms with Gasteiger partial charge in [0.2, 0.25) is 5.91 Å². The second-order valence-corrected chi connectivity index (χ2v) is 5.77. The number of carbonyl (C=O) groups is 2. The molecule has 6 heteroatoms. The van der Waals surface area contributed by atoms with Crippen LogP contribution in [0.2, 0.25) is 0 Å². The Kier molecular flexibility index (Phi) is 5.50. The SMILES string of the molecule is CCC(C)(CCO)NC(=O)c1ccc(NC(C)=O)s1. The number of rotatable bonds is 6. The summed E-state index contributed by atoms with van der Waals surface area (Å²) in [6.07, 6.45) is 1.25. The van der Waals surface area contributed by atoms with Crippen LogP contribution in [0, 0.1) is 0 Å². The van der Waals surface area contributed by atoms with Crippen LogP contribution in [0.25, 0.3) is 0 Å². The van der Waals surface area contributed by atoms with Crippen molar-refractivity contribution in [2.45, 2.75) is 39.2 Å². The Morgan fingerprint density at radius 3 is 2.63 bits per heavy atom. The second kappa shape index (κ2) is 6.68. The number of thiophene rings is 1. The van der Waals surface area contributed by atoms with E-state index in [1.807, 2.05) is 13.8 Å². The summed E-state index contributed by atoms with van der Waals surface area (Å²) in [6, 6.07) is 3.39. The Bertz CT molecular complexity index is 458. The lowest BCUT2D eigenvalue weighted by molar-refractivity contribution is -0.114. The Hall–Kier alpha value is -1.40. The van der Waals surface area contributed by atoms with Crippen molar-refractivity contribution in [3.05, 3.63) is 17.0 Å². The van der Waals surface area contributed by atoms with E-state index < -0.39 is 5.54 Å². The summed E-state index contributed by atoms with van der Waals surface area (Å²) < 4.78 is 0. The van der Waals surface area contributed by atoms with Gasteiger partial charge in [0, 0.05) is 19.1 Å². The van der Waals surface area contributed by atoms with E-state index in [1.54, 1.807) is 12.1 Å². The Labute approximate surface area is 117 Å². The Morgan fingerprint density at radius 2 is 2.11 bits per heavy atom. The molecule has 0 radical (unpaired) electrons. The van der Waals surface area contributed by atoms with Crippen molar-refractivity contribution in [3.8, 4) is 0 Å². The molecular weight excluding hydrogens is 264 g/mol. The molecule has 1 atom stereocenters. The fourth-order valence-corrected chi connectivity index (χ4v) is 2.46. The molecule has 0 spiro atoms. The van der Waals surface area contributed by atoms with Crippen molar-refractivity contribution in [1.82, 2.24) is 5.32 Å². The normalized spacial score (nSPS) is 13.7. The number of nitrogens with one attached hydrogen (secondary N) is 2. The van der Waals surface area contributed by atoms with Gasteiger partial charge in [0.25, 0.3) is 5.91 Å². The third-order valence-corrected chi connectivity index (χ3v) is 3.99. The first-order chi connectivity index (χ1) is 8.90. The van der Waals surface area contributed by atoms with Gasteiger partial charge in [0.1, 0.15) is 0 Å². The van der Waals surface area contributed by atoms with Gasteiger partial charge < -0.3 is 15.7 Å². The third-order valence-electron chi connectivity index (χ3n) is 2.99. The highest BCUT2D eigenvalue weighted by atomic mass is 32.1. The van der Waals surface area contributed by atoms with Crippen LogP contribution >= 0.6 is 11.3 Å². The van der Waals surface area contributed by atoms with Crippen LogP contribution in [-0.2, 0) is 4.79 Å². The smallest absolute Gasteiger partial charge is 0.261 e. The standard InChI is InChI=1S/C13H20N2O3S/c1-4-13(3,7-8-16)15-12(18)10-5-6-11(19-10)14-9(2)17/h5-6,16H,4,7-8H2,1-3H3,(H,14,17)(H,15,18). The zero-order chi connectivity index (χ0) is 14.5. The molecule has 5 nitrogen and oxygen atoms in total. The molecule has 1 rings (SSSR count). The predicted molar refractivity (Wildman–Crippen MR) is 76.5 cm³/mol. The van der Waals surface area contributed by atoms with Crippen LogP contribution in [0.5, 0.6) is 0 Å². The molecule has 0 aliphatic heterocycles. The van der Waals surface area contributed by atoms with Gasteiger partial charge in [-0.1, -0.05) is 6.92 Å². The first-order valence-corrected chi connectivity index (χ1v) is 7.02. The van der Waals surface area contributed by atoms with Crippen molar-refractivity contribution >= 4 is 28.2 Å². The molecule has 0 aromatic carbocycles. The van der Waals surface area contributed by atoms with E-state index in [2.05, 4.69) is 10.6 Å². The lowest BCUT2D eigenvalue weighted by Crippen LogP contribution is -2.45. The first kappa shape index (κ1) is 15.7. The Balaban J connectivity index is 2.72. The van der Waals surface area contributed by atoms with Crippen LogP contribution in [0.3, 0.4) is 0 Å². The highest BCUT2D eigenvalue weighted by Crippen LogP contribution is 2.23. The Morgan fingerprint density at radius 1 is 1.42 bits per heavy atom. The number of anilines is 1. The molecule has 3 N–H and O–H groups in total. The predicted octanol–water partition coefficient (Wildman–Crippen LogP) is 1.99. The number of hydrogen-bond donors (Lipinski definition) is 3. The third kappa shape index (κ3) is 4.65. The molecule has 1 unspecified atom stereocenters. The maximum absolute atomic E-state index is 12.1. The van der Waals surface area contributed by atoms with Gasteiger partial charge in [-0.3, -0.25) is 9.59 Å². The van der Waals surface area contributed by atoms with E-state index in [0.717, 1.165) is 6.42 Å². The minimum absolute atomic E-state index is 0.0339. The number of aliphatic hydroxyl groups is 1. The number of carbonyl (C=O) groups excluding carboxylic acids is 2. The van der Waals surface area contributed by atoms with Crippen LogP contribution in [0.15, 0.2) is 12.1 Å². The number of aliphatic hydroxyl groups excluding tert-OH is 1. The lowest BCUT2D eigenvalue weighted by atomic mass is 9.95. The fraction of sp³-hybridized carbons (Fsp3) is 0.538. The summed E-state index contributed by atoms with van der Waals surface area (Å²) in [6.45, 7) is 5.33. The summed E-state index contributed by atoms with van der Waals surface area (Å²) in [5.41, 5.74) is -0.413.